The van der Waals surface area contributed by atoms with Gasteiger partial charge < -0.3 is 10.2 Å². The lowest BCUT2D eigenvalue weighted by molar-refractivity contribution is 0.474. The zero-order valence-electron chi connectivity index (χ0n) is 12.0. The van der Waals surface area contributed by atoms with E-state index in [-0.39, 0.29) is 11.5 Å². The molecule has 2 aromatic carbocycles. The van der Waals surface area contributed by atoms with Crippen molar-refractivity contribution in [2.45, 2.75) is 26.2 Å². The Morgan fingerprint density at radius 1 is 1.14 bits per heavy atom. The third-order valence-corrected chi connectivity index (χ3v) is 3.75. The average Bonchev–Trinajstić information content (AvgIpc) is 2.48. The summed E-state index contributed by atoms with van der Waals surface area (Å²) in [4.78, 5) is 4.26. The maximum absolute atomic E-state index is 9.89. The normalized spacial score (nSPS) is 12.7. The molecule has 0 amide bonds. The molecule has 0 bridgehead atoms. The van der Waals surface area contributed by atoms with Gasteiger partial charge in [-0.2, -0.15) is 0 Å². The van der Waals surface area contributed by atoms with Crippen molar-refractivity contribution in [1.82, 2.24) is 0 Å². The fourth-order valence-corrected chi connectivity index (χ4v) is 2.13. The van der Waals surface area contributed by atoms with Crippen molar-refractivity contribution < 1.29 is 10.2 Å². The summed E-state index contributed by atoms with van der Waals surface area (Å²) in [6.07, 6.45) is 2.51. The van der Waals surface area contributed by atoms with E-state index in [1.165, 1.54) is 12.3 Å². The van der Waals surface area contributed by atoms with Crippen LogP contribution in [-0.2, 0) is 0 Å². The summed E-state index contributed by atoms with van der Waals surface area (Å²) < 4.78 is 0. The van der Waals surface area contributed by atoms with E-state index < -0.39 is 0 Å². The van der Waals surface area contributed by atoms with Crippen LogP contribution in [0.1, 0.15) is 37.3 Å². The molecule has 0 aliphatic rings. The lowest BCUT2D eigenvalue weighted by Gasteiger charge is -2.10. The van der Waals surface area contributed by atoms with Crippen LogP contribution in [0.2, 0.25) is 5.02 Å². The highest BCUT2D eigenvalue weighted by molar-refractivity contribution is 6.30. The molecule has 3 nitrogen and oxygen atoms in total. The summed E-state index contributed by atoms with van der Waals surface area (Å²) in [6.45, 7) is 4.24. The van der Waals surface area contributed by atoms with E-state index in [0.29, 0.717) is 22.2 Å². The van der Waals surface area contributed by atoms with Crippen LogP contribution in [0.15, 0.2) is 41.4 Å². The third kappa shape index (κ3) is 3.76. The highest BCUT2D eigenvalue weighted by atomic mass is 35.5. The number of aromatic hydroxyl groups is 2. The topological polar surface area (TPSA) is 52.8 Å². The maximum atomic E-state index is 9.89. The zero-order valence-corrected chi connectivity index (χ0v) is 12.8. The zero-order chi connectivity index (χ0) is 15.4. The predicted octanol–water partition coefficient (Wildman–Crippen LogP) is 5.02. The maximum Gasteiger partial charge on any atom is 0.141 e. The first-order chi connectivity index (χ1) is 10.0. The molecule has 0 spiro atoms. The fourth-order valence-electron chi connectivity index (χ4n) is 1.95. The van der Waals surface area contributed by atoms with Crippen LogP contribution in [-0.4, -0.2) is 16.4 Å². The highest BCUT2D eigenvalue weighted by Gasteiger charge is 2.07. The molecule has 1 atom stereocenters. The number of benzene rings is 2. The molecule has 21 heavy (non-hydrogen) atoms. The minimum Gasteiger partial charge on any atom is -0.507 e. The van der Waals surface area contributed by atoms with E-state index in [0.717, 1.165) is 12.0 Å². The third-order valence-electron chi connectivity index (χ3n) is 3.51. The van der Waals surface area contributed by atoms with Crippen LogP contribution in [0.4, 0.5) is 5.69 Å². The molecule has 2 N–H and O–H groups in total. The number of halogens is 1. The van der Waals surface area contributed by atoms with Crippen molar-refractivity contribution in [2.75, 3.05) is 0 Å². The summed E-state index contributed by atoms with van der Waals surface area (Å²) in [5.74, 6) is 0.611. The Morgan fingerprint density at radius 3 is 2.57 bits per heavy atom. The first-order valence-electron chi connectivity index (χ1n) is 6.86. The van der Waals surface area contributed by atoms with E-state index in [1.54, 1.807) is 18.2 Å². The second kappa shape index (κ2) is 6.64. The van der Waals surface area contributed by atoms with Crippen LogP contribution in [0.3, 0.4) is 0 Å². The minimum absolute atomic E-state index is 0.0979. The number of aliphatic imine (C=N–C) groups is 1. The quantitative estimate of drug-likeness (QED) is 0.780. The summed E-state index contributed by atoms with van der Waals surface area (Å²) >= 11 is 5.89. The van der Waals surface area contributed by atoms with Crippen molar-refractivity contribution in [1.29, 1.82) is 0 Å². The molecule has 2 aromatic rings. The van der Waals surface area contributed by atoms with Crippen molar-refractivity contribution in [3.63, 3.8) is 0 Å². The number of nitrogens with zero attached hydrogens (tertiary/aromatic N) is 1. The van der Waals surface area contributed by atoms with E-state index in [9.17, 15) is 10.2 Å². The molecule has 0 saturated heterocycles. The van der Waals surface area contributed by atoms with Gasteiger partial charge in [0.05, 0.1) is 0 Å². The number of phenolic OH excluding ortho intramolecular Hbond substituents is 2. The van der Waals surface area contributed by atoms with Crippen LogP contribution >= 0.6 is 11.6 Å². The van der Waals surface area contributed by atoms with Crippen molar-refractivity contribution in [3.8, 4) is 11.5 Å². The van der Waals surface area contributed by atoms with Gasteiger partial charge in [-0.1, -0.05) is 31.5 Å². The van der Waals surface area contributed by atoms with Gasteiger partial charge >= 0.3 is 0 Å². The van der Waals surface area contributed by atoms with Gasteiger partial charge in [-0.15, -0.1) is 0 Å². The van der Waals surface area contributed by atoms with Gasteiger partial charge in [0, 0.05) is 16.8 Å². The summed E-state index contributed by atoms with van der Waals surface area (Å²) in [5.41, 5.74) is 2.11. The molecule has 0 saturated carbocycles. The molecular weight excluding hydrogens is 286 g/mol. The first kappa shape index (κ1) is 15.4. The Labute approximate surface area is 129 Å². The lowest BCUT2D eigenvalue weighted by atomic mass is 9.98. The largest absolute Gasteiger partial charge is 0.507 e. The van der Waals surface area contributed by atoms with E-state index in [2.05, 4.69) is 18.8 Å². The highest BCUT2D eigenvalue weighted by Crippen LogP contribution is 2.31. The Hall–Kier alpha value is -2.00. The molecule has 0 heterocycles. The predicted molar refractivity (Wildman–Crippen MR) is 87.2 cm³/mol. The first-order valence-corrected chi connectivity index (χ1v) is 7.24. The van der Waals surface area contributed by atoms with E-state index in [1.807, 2.05) is 12.1 Å². The standard InChI is InChI=1S/C17H18ClNO2/c1-3-11(2)12-4-6-17(21)15(9-12)19-10-13-8-14(18)5-7-16(13)20/h4-11,20-21H,3H2,1-2H3/t11-/m0/s1. The molecule has 2 rings (SSSR count). The van der Waals surface area contributed by atoms with Gasteiger partial charge in [-0.25, -0.2) is 0 Å². The summed E-state index contributed by atoms with van der Waals surface area (Å²) in [6, 6.07) is 10.2. The van der Waals surface area contributed by atoms with Crippen molar-refractivity contribution in [3.05, 3.63) is 52.5 Å². The number of rotatable bonds is 4. The Balaban J connectivity index is 2.34. The lowest BCUT2D eigenvalue weighted by Crippen LogP contribution is -1.90. The van der Waals surface area contributed by atoms with Crippen LogP contribution in [0, 0.1) is 0 Å². The summed E-state index contributed by atoms with van der Waals surface area (Å²) in [7, 11) is 0. The SMILES string of the molecule is CC[C@H](C)c1ccc(O)c(N=Cc2cc(Cl)ccc2O)c1. The Kier molecular flexibility index (Phi) is 4.86. The van der Waals surface area contributed by atoms with Gasteiger partial charge in [0.25, 0.3) is 0 Å². The van der Waals surface area contributed by atoms with Gasteiger partial charge in [0.2, 0.25) is 0 Å². The molecule has 4 heteroatoms. The van der Waals surface area contributed by atoms with Crippen LogP contribution in [0.25, 0.3) is 0 Å². The molecule has 0 aliphatic heterocycles. The Morgan fingerprint density at radius 2 is 1.86 bits per heavy atom. The molecule has 0 radical (unpaired) electrons. The molecule has 0 aliphatic carbocycles. The molecular formula is C17H18ClNO2. The second-order valence-corrected chi connectivity index (χ2v) is 5.46. The average molecular weight is 304 g/mol. The molecule has 110 valence electrons. The summed E-state index contributed by atoms with van der Waals surface area (Å²) in [5, 5.41) is 20.2. The number of hydrogen-bond donors (Lipinski definition) is 2. The Bertz CT molecular complexity index is 668. The monoisotopic (exact) mass is 303 g/mol. The number of phenols is 2. The van der Waals surface area contributed by atoms with Gasteiger partial charge in [0.15, 0.2) is 0 Å². The van der Waals surface area contributed by atoms with Crippen molar-refractivity contribution >= 4 is 23.5 Å². The van der Waals surface area contributed by atoms with Crippen molar-refractivity contribution in [2.24, 2.45) is 4.99 Å². The molecule has 0 unspecified atom stereocenters. The van der Waals surface area contributed by atoms with Crippen LogP contribution < -0.4 is 0 Å². The molecule has 0 aromatic heterocycles. The van der Waals surface area contributed by atoms with Crippen LogP contribution in [0.5, 0.6) is 11.5 Å². The van der Waals surface area contributed by atoms with Gasteiger partial charge in [0.1, 0.15) is 17.2 Å². The fraction of sp³-hybridized carbons (Fsp3) is 0.235. The number of hydrogen-bond acceptors (Lipinski definition) is 3. The smallest absolute Gasteiger partial charge is 0.141 e. The van der Waals surface area contributed by atoms with E-state index in [4.69, 9.17) is 11.6 Å². The van der Waals surface area contributed by atoms with Gasteiger partial charge in [-0.05, 0) is 48.2 Å². The van der Waals surface area contributed by atoms with E-state index >= 15 is 0 Å². The minimum atomic E-state index is 0.0979. The molecule has 0 fully saturated rings. The second-order valence-electron chi connectivity index (χ2n) is 5.02. The van der Waals surface area contributed by atoms with Gasteiger partial charge in [-0.3, -0.25) is 4.99 Å².